The largest absolute Gasteiger partial charge is 0.326 e. The van der Waals surface area contributed by atoms with Gasteiger partial charge in [0.1, 0.15) is 0 Å². The second-order valence-corrected chi connectivity index (χ2v) is 7.48. The van der Waals surface area contributed by atoms with Crippen molar-refractivity contribution in [3.8, 4) is 0 Å². The third kappa shape index (κ3) is 5.62. The van der Waals surface area contributed by atoms with Crippen molar-refractivity contribution in [2.45, 2.75) is 28.9 Å². The molecule has 0 spiro atoms. The molecule has 2 N–H and O–H groups in total. The zero-order chi connectivity index (χ0) is 17.5. The van der Waals surface area contributed by atoms with Crippen LogP contribution in [0, 0.1) is 0 Å². The van der Waals surface area contributed by atoms with Crippen molar-refractivity contribution in [1.29, 1.82) is 0 Å². The van der Waals surface area contributed by atoms with Crippen LogP contribution in [0.2, 0.25) is 0 Å². The fourth-order valence-corrected chi connectivity index (χ4v) is 3.35. The standard InChI is InChI=1S/C18H20N2O2S2/c1-12(18(22)20-15-5-4-6-17(11-15)23-3)24-16-9-7-14(8-10-16)19-13(2)21/h4-12H,1-3H3,(H,19,21)(H,20,22). The quantitative estimate of drug-likeness (QED) is 0.746. The van der Waals surface area contributed by atoms with Crippen molar-refractivity contribution in [3.63, 3.8) is 0 Å². The molecule has 2 aromatic rings. The van der Waals surface area contributed by atoms with Crippen LogP contribution in [0.5, 0.6) is 0 Å². The zero-order valence-corrected chi connectivity index (χ0v) is 15.5. The summed E-state index contributed by atoms with van der Waals surface area (Å²) in [6.45, 7) is 3.35. The summed E-state index contributed by atoms with van der Waals surface area (Å²) in [7, 11) is 0. The van der Waals surface area contributed by atoms with Crippen LogP contribution in [-0.4, -0.2) is 23.3 Å². The summed E-state index contributed by atoms with van der Waals surface area (Å²) in [5.41, 5.74) is 1.55. The SMILES string of the molecule is CSc1cccc(NC(=O)C(C)Sc2ccc(NC(C)=O)cc2)c1. The molecule has 24 heavy (non-hydrogen) atoms. The van der Waals surface area contributed by atoms with E-state index < -0.39 is 0 Å². The summed E-state index contributed by atoms with van der Waals surface area (Å²) in [6.07, 6.45) is 2.00. The Balaban J connectivity index is 1.94. The van der Waals surface area contributed by atoms with E-state index in [4.69, 9.17) is 0 Å². The van der Waals surface area contributed by atoms with E-state index in [0.29, 0.717) is 0 Å². The number of hydrogen-bond acceptors (Lipinski definition) is 4. The van der Waals surface area contributed by atoms with Gasteiger partial charge >= 0.3 is 0 Å². The Hall–Kier alpha value is -1.92. The lowest BCUT2D eigenvalue weighted by Gasteiger charge is -2.13. The normalized spacial score (nSPS) is 11.6. The molecule has 2 amide bonds. The average Bonchev–Trinajstić information content (AvgIpc) is 2.56. The van der Waals surface area contributed by atoms with Crippen molar-refractivity contribution < 1.29 is 9.59 Å². The molecule has 0 aliphatic rings. The molecule has 126 valence electrons. The van der Waals surface area contributed by atoms with E-state index in [1.807, 2.05) is 61.7 Å². The molecule has 0 aliphatic heterocycles. The van der Waals surface area contributed by atoms with E-state index in [0.717, 1.165) is 21.2 Å². The molecule has 0 saturated heterocycles. The molecule has 1 unspecified atom stereocenters. The molecule has 0 aliphatic carbocycles. The number of amides is 2. The smallest absolute Gasteiger partial charge is 0.237 e. The number of hydrogen-bond donors (Lipinski definition) is 2. The summed E-state index contributed by atoms with van der Waals surface area (Å²) in [5.74, 6) is -0.139. The van der Waals surface area contributed by atoms with Gasteiger partial charge in [0.2, 0.25) is 11.8 Å². The van der Waals surface area contributed by atoms with E-state index in [-0.39, 0.29) is 17.1 Å². The predicted molar refractivity (Wildman–Crippen MR) is 103 cm³/mol. The van der Waals surface area contributed by atoms with E-state index in [9.17, 15) is 9.59 Å². The Morgan fingerprint density at radius 3 is 2.29 bits per heavy atom. The van der Waals surface area contributed by atoms with Gasteiger partial charge in [-0.2, -0.15) is 0 Å². The fourth-order valence-electron chi connectivity index (χ4n) is 2.02. The van der Waals surface area contributed by atoms with Crippen LogP contribution in [0.3, 0.4) is 0 Å². The third-order valence-electron chi connectivity index (χ3n) is 3.19. The molecular weight excluding hydrogens is 340 g/mol. The number of carbonyl (C=O) groups is 2. The van der Waals surface area contributed by atoms with Gasteiger partial charge in [-0.25, -0.2) is 0 Å². The zero-order valence-electron chi connectivity index (χ0n) is 13.8. The van der Waals surface area contributed by atoms with Gasteiger partial charge < -0.3 is 10.6 Å². The highest BCUT2D eigenvalue weighted by atomic mass is 32.2. The maximum atomic E-state index is 12.3. The Morgan fingerprint density at radius 1 is 0.958 bits per heavy atom. The maximum absolute atomic E-state index is 12.3. The first-order chi connectivity index (χ1) is 11.5. The maximum Gasteiger partial charge on any atom is 0.237 e. The molecule has 6 heteroatoms. The first-order valence-electron chi connectivity index (χ1n) is 7.47. The van der Waals surface area contributed by atoms with Gasteiger partial charge in [0.15, 0.2) is 0 Å². The Labute approximate surface area is 150 Å². The Bertz CT molecular complexity index is 717. The van der Waals surface area contributed by atoms with Gasteiger partial charge in [0, 0.05) is 28.1 Å². The first kappa shape index (κ1) is 18.4. The highest BCUT2D eigenvalue weighted by Crippen LogP contribution is 2.26. The molecule has 0 radical (unpaired) electrons. The molecule has 2 rings (SSSR count). The highest BCUT2D eigenvalue weighted by molar-refractivity contribution is 8.00. The number of benzene rings is 2. The Morgan fingerprint density at radius 2 is 1.67 bits per heavy atom. The van der Waals surface area contributed by atoms with E-state index in [1.165, 1.54) is 18.7 Å². The number of nitrogens with one attached hydrogen (secondary N) is 2. The third-order valence-corrected chi connectivity index (χ3v) is 5.03. The fraction of sp³-hybridized carbons (Fsp3) is 0.222. The molecule has 0 fully saturated rings. The lowest BCUT2D eigenvalue weighted by molar-refractivity contribution is -0.115. The van der Waals surface area contributed by atoms with Crippen molar-refractivity contribution in [1.82, 2.24) is 0 Å². The molecule has 2 aromatic carbocycles. The van der Waals surface area contributed by atoms with Crippen LogP contribution in [0.25, 0.3) is 0 Å². The average molecular weight is 361 g/mol. The number of carbonyl (C=O) groups excluding carboxylic acids is 2. The Kier molecular flexibility index (Phi) is 6.75. The molecule has 1 atom stereocenters. The second kappa shape index (κ2) is 8.80. The summed E-state index contributed by atoms with van der Waals surface area (Å²) >= 11 is 3.12. The van der Waals surface area contributed by atoms with Crippen molar-refractivity contribution in [2.75, 3.05) is 16.9 Å². The van der Waals surface area contributed by atoms with Crippen molar-refractivity contribution >= 4 is 46.7 Å². The van der Waals surface area contributed by atoms with E-state index >= 15 is 0 Å². The van der Waals surface area contributed by atoms with Crippen LogP contribution < -0.4 is 10.6 Å². The molecular formula is C18H20N2O2S2. The lowest BCUT2D eigenvalue weighted by Crippen LogP contribution is -2.22. The number of thioether (sulfide) groups is 2. The minimum absolute atomic E-state index is 0.0378. The van der Waals surface area contributed by atoms with Crippen molar-refractivity contribution in [2.24, 2.45) is 0 Å². The van der Waals surface area contributed by atoms with Gasteiger partial charge in [0.05, 0.1) is 5.25 Å². The highest BCUT2D eigenvalue weighted by Gasteiger charge is 2.14. The molecule has 0 aromatic heterocycles. The second-order valence-electron chi connectivity index (χ2n) is 5.19. The van der Waals surface area contributed by atoms with Gasteiger partial charge in [0.25, 0.3) is 0 Å². The molecule has 4 nitrogen and oxygen atoms in total. The molecule has 0 saturated carbocycles. The summed E-state index contributed by atoms with van der Waals surface area (Å²) < 4.78 is 0. The van der Waals surface area contributed by atoms with Crippen LogP contribution in [-0.2, 0) is 9.59 Å². The van der Waals surface area contributed by atoms with Crippen LogP contribution in [0.15, 0.2) is 58.3 Å². The summed E-state index contributed by atoms with van der Waals surface area (Å²) in [6, 6.07) is 15.2. The monoisotopic (exact) mass is 360 g/mol. The van der Waals surface area contributed by atoms with Crippen LogP contribution in [0.1, 0.15) is 13.8 Å². The van der Waals surface area contributed by atoms with Gasteiger partial charge in [-0.3, -0.25) is 9.59 Å². The van der Waals surface area contributed by atoms with Crippen molar-refractivity contribution in [3.05, 3.63) is 48.5 Å². The lowest BCUT2D eigenvalue weighted by atomic mass is 10.3. The van der Waals surface area contributed by atoms with Crippen LogP contribution in [0.4, 0.5) is 11.4 Å². The summed E-state index contributed by atoms with van der Waals surface area (Å²) in [4.78, 5) is 25.4. The number of anilines is 2. The minimum atomic E-state index is -0.227. The van der Waals surface area contributed by atoms with Gasteiger partial charge in [-0.1, -0.05) is 6.07 Å². The number of rotatable bonds is 6. The van der Waals surface area contributed by atoms with Gasteiger partial charge in [-0.05, 0) is 55.6 Å². The molecule has 0 heterocycles. The van der Waals surface area contributed by atoms with Crippen LogP contribution >= 0.6 is 23.5 Å². The summed E-state index contributed by atoms with van der Waals surface area (Å²) in [5, 5.41) is 5.44. The predicted octanol–water partition coefficient (Wildman–Crippen LogP) is 4.49. The minimum Gasteiger partial charge on any atom is -0.326 e. The van der Waals surface area contributed by atoms with E-state index in [2.05, 4.69) is 10.6 Å². The van der Waals surface area contributed by atoms with E-state index in [1.54, 1.807) is 11.8 Å². The topological polar surface area (TPSA) is 58.2 Å². The first-order valence-corrected chi connectivity index (χ1v) is 9.57. The van der Waals surface area contributed by atoms with Gasteiger partial charge in [-0.15, -0.1) is 23.5 Å². The molecule has 0 bridgehead atoms.